The minimum atomic E-state index is -0.380. The van der Waals surface area contributed by atoms with Crippen molar-refractivity contribution in [3.8, 4) is 28.4 Å². The Bertz CT molecular complexity index is 1130. The molecule has 0 heterocycles. The maximum atomic E-state index is 12.7. The molecule has 0 saturated carbocycles. The average Bonchev–Trinajstić information content (AvgIpc) is 3.00. The summed E-state index contributed by atoms with van der Waals surface area (Å²) in [5.74, 6) is 1.80. The van der Waals surface area contributed by atoms with E-state index < -0.39 is 0 Å². The average molecular weight is 557 g/mol. The predicted octanol–water partition coefficient (Wildman–Crippen LogP) is 10.6. The Morgan fingerprint density at radius 2 is 1.27 bits per heavy atom. The molecular weight excluding hydrogens is 508 g/mol. The number of ether oxygens (including phenoxy) is 3. The molecule has 3 aromatic rings. The van der Waals surface area contributed by atoms with E-state index in [0.29, 0.717) is 17.9 Å². The van der Waals surface area contributed by atoms with Gasteiger partial charge in [0.05, 0.1) is 18.3 Å². The molecule has 3 rings (SSSR count). The zero-order chi connectivity index (χ0) is 29.1. The second-order valence-corrected chi connectivity index (χ2v) is 10.8. The van der Waals surface area contributed by atoms with Gasteiger partial charge in [0.2, 0.25) is 0 Å². The minimum Gasteiger partial charge on any atom is -0.494 e. The third-order valence-electron chi connectivity index (χ3n) is 7.22. The molecule has 0 saturated heterocycles. The van der Waals surface area contributed by atoms with E-state index in [0.717, 1.165) is 41.9 Å². The number of carbonyl (C=O) groups excluding carboxylic acids is 1. The summed E-state index contributed by atoms with van der Waals surface area (Å²) in [6.45, 7) is 8.83. The van der Waals surface area contributed by atoms with Crippen molar-refractivity contribution in [3.05, 3.63) is 91.0 Å². The summed E-state index contributed by atoms with van der Waals surface area (Å²) >= 11 is 0. The van der Waals surface area contributed by atoms with Gasteiger partial charge in [-0.1, -0.05) is 82.2 Å². The molecule has 0 aliphatic heterocycles. The van der Waals surface area contributed by atoms with Crippen molar-refractivity contribution in [3.63, 3.8) is 0 Å². The maximum Gasteiger partial charge on any atom is 0.343 e. The van der Waals surface area contributed by atoms with Crippen LogP contribution in [0.3, 0.4) is 0 Å². The van der Waals surface area contributed by atoms with Gasteiger partial charge in [0.1, 0.15) is 17.2 Å². The molecule has 0 radical (unpaired) electrons. The molecule has 0 fully saturated rings. The molecule has 0 aromatic heterocycles. The highest BCUT2D eigenvalue weighted by Crippen LogP contribution is 2.25. The van der Waals surface area contributed by atoms with Crippen molar-refractivity contribution in [2.75, 3.05) is 6.61 Å². The van der Waals surface area contributed by atoms with Crippen LogP contribution in [0.5, 0.6) is 17.2 Å². The summed E-state index contributed by atoms with van der Waals surface area (Å²) < 4.78 is 17.5. The third kappa shape index (κ3) is 12.3. The van der Waals surface area contributed by atoms with Gasteiger partial charge in [-0.2, -0.15) is 0 Å². The molecule has 0 aliphatic rings. The minimum absolute atomic E-state index is 0.212. The fourth-order valence-corrected chi connectivity index (χ4v) is 4.73. The van der Waals surface area contributed by atoms with E-state index in [1.165, 1.54) is 57.8 Å². The van der Waals surface area contributed by atoms with Crippen molar-refractivity contribution in [2.45, 2.75) is 97.0 Å². The second-order valence-electron chi connectivity index (χ2n) is 10.8. The van der Waals surface area contributed by atoms with E-state index in [1.54, 1.807) is 24.3 Å². The maximum absolute atomic E-state index is 12.7. The molecular formula is C37H48O4. The molecule has 4 nitrogen and oxygen atoms in total. The quantitative estimate of drug-likeness (QED) is 0.0601. The van der Waals surface area contributed by atoms with Crippen LogP contribution in [0.25, 0.3) is 11.1 Å². The highest BCUT2D eigenvalue weighted by atomic mass is 16.5. The fraction of sp³-hybridized carbons (Fsp3) is 0.432. The Morgan fingerprint density at radius 1 is 0.707 bits per heavy atom. The Morgan fingerprint density at radius 3 is 1.93 bits per heavy atom. The van der Waals surface area contributed by atoms with Crippen molar-refractivity contribution < 1.29 is 19.0 Å². The van der Waals surface area contributed by atoms with Crippen molar-refractivity contribution >= 4 is 5.97 Å². The topological polar surface area (TPSA) is 44.8 Å². The van der Waals surface area contributed by atoms with E-state index in [9.17, 15) is 4.79 Å². The van der Waals surface area contributed by atoms with Gasteiger partial charge in [-0.15, -0.1) is 6.58 Å². The first kappa shape index (κ1) is 32.0. The highest BCUT2D eigenvalue weighted by molar-refractivity contribution is 5.91. The third-order valence-corrected chi connectivity index (χ3v) is 7.22. The van der Waals surface area contributed by atoms with Crippen LogP contribution in [-0.4, -0.2) is 18.7 Å². The van der Waals surface area contributed by atoms with E-state index >= 15 is 0 Å². The molecule has 3 aromatic carbocycles. The molecule has 0 spiro atoms. The van der Waals surface area contributed by atoms with Gasteiger partial charge >= 0.3 is 5.97 Å². The number of allylic oxidation sites excluding steroid dienone is 1. The highest BCUT2D eigenvalue weighted by Gasteiger charge is 2.10. The number of benzene rings is 3. The van der Waals surface area contributed by atoms with E-state index in [4.69, 9.17) is 14.2 Å². The predicted molar refractivity (Wildman–Crippen MR) is 170 cm³/mol. The molecule has 4 heteroatoms. The molecule has 0 N–H and O–H groups in total. The molecule has 41 heavy (non-hydrogen) atoms. The number of rotatable bonds is 20. The number of hydrogen-bond donors (Lipinski definition) is 0. The Labute approximate surface area is 247 Å². The van der Waals surface area contributed by atoms with Gasteiger partial charge in [-0.25, -0.2) is 4.79 Å². The van der Waals surface area contributed by atoms with Gasteiger partial charge in [-0.05, 0) is 98.7 Å². The van der Waals surface area contributed by atoms with E-state index in [2.05, 4.69) is 32.6 Å². The first-order valence-electron chi connectivity index (χ1n) is 15.5. The zero-order valence-corrected chi connectivity index (χ0v) is 25.1. The summed E-state index contributed by atoms with van der Waals surface area (Å²) in [5, 5.41) is 0. The standard InChI is InChI=1S/C37H48O4/c1-4-6-8-10-11-12-13-15-29-39-34-25-27-36(28-26-34)41-37(38)33-19-17-31(18-20-33)32-21-23-35(24-22-32)40-30(3)16-14-9-7-5-2/h4,17-28,30H,1,5-16,29H2,2-3H3. The Hall–Kier alpha value is -3.53. The van der Waals surface area contributed by atoms with Gasteiger partial charge in [-0.3, -0.25) is 0 Å². The van der Waals surface area contributed by atoms with Gasteiger partial charge in [0.15, 0.2) is 0 Å². The smallest absolute Gasteiger partial charge is 0.343 e. The van der Waals surface area contributed by atoms with Crippen LogP contribution in [0.2, 0.25) is 0 Å². The number of unbranched alkanes of at least 4 members (excludes halogenated alkanes) is 9. The van der Waals surface area contributed by atoms with Crippen LogP contribution in [0.15, 0.2) is 85.5 Å². The zero-order valence-electron chi connectivity index (χ0n) is 25.1. The summed E-state index contributed by atoms with van der Waals surface area (Å²) in [5.41, 5.74) is 2.62. The van der Waals surface area contributed by atoms with E-state index in [-0.39, 0.29) is 12.1 Å². The number of carbonyl (C=O) groups is 1. The number of hydrogen-bond acceptors (Lipinski definition) is 4. The lowest BCUT2D eigenvalue weighted by Gasteiger charge is -2.15. The second kappa shape index (κ2) is 18.7. The van der Waals surface area contributed by atoms with E-state index in [1.807, 2.05) is 42.5 Å². The molecule has 0 bridgehead atoms. The van der Waals surface area contributed by atoms with Crippen LogP contribution in [-0.2, 0) is 0 Å². The van der Waals surface area contributed by atoms with Crippen LogP contribution in [0, 0.1) is 0 Å². The van der Waals surface area contributed by atoms with Crippen LogP contribution >= 0.6 is 0 Å². The molecule has 220 valence electrons. The SMILES string of the molecule is C=CCCCCCCCCOc1ccc(OC(=O)c2ccc(-c3ccc(OC(C)CCCCCC)cc3)cc2)cc1. The normalized spacial score (nSPS) is 11.6. The molecule has 0 amide bonds. The van der Waals surface area contributed by atoms with Gasteiger partial charge < -0.3 is 14.2 Å². The summed E-state index contributed by atoms with van der Waals surface area (Å²) in [7, 11) is 0. The van der Waals surface area contributed by atoms with Crippen LogP contribution in [0.4, 0.5) is 0 Å². The van der Waals surface area contributed by atoms with Crippen LogP contribution < -0.4 is 14.2 Å². The summed E-state index contributed by atoms with van der Waals surface area (Å²) in [6, 6.07) is 22.9. The Balaban J connectivity index is 1.39. The molecule has 1 atom stereocenters. The molecule has 0 aliphatic carbocycles. The summed E-state index contributed by atoms with van der Waals surface area (Å²) in [6.07, 6.45) is 16.7. The number of esters is 1. The summed E-state index contributed by atoms with van der Waals surface area (Å²) in [4.78, 5) is 12.7. The molecule has 1 unspecified atom stereocenters. The first-order valence-corrected chi connectivity index (χ1v) is 15.5. The lowest BCUT2D eigenvalue weighted by atomic mass is 10.0. The first-order chi connectivity index (χ1) is 20.1. The lowest BCUT2D eigenvalue weighted by molar-refractivity contribution is 0.0734. The van der Waals surface area contributed by atoms with Crippen LogP contribution in [0.1, 0.15) is 101 Å². The lowest BCUT2D eigenvalue weighted by Crippen LogP contribution is -2.11. The van der Waals surface area contributed by atoms with Gasteiger partial charge in [0.25, 0.3) is 0 Å². The van der Waals surface area contributed by atoms with Crippen molar-refractivity contribution in [1.29, 1.82) is 0 Å². The monoisotopic (exact) mass is 556 g/mol. The Kier molecular flexibility index (Phi) is 14.6. The largest absolute Gasteiger partial charge is 0.494 e. The van der Waals surface area contributed by atoms with Crippen molar-refractivity contribution in [2.24, 2.45) is 0 Å². The van der Waals surface area contributed by atoms with Crippen molar-refractivity contribution in [1.82, 2.24) is 0 Å². The fourth-order valence-electron chi connectivity index (χ4n) is 4.73. The van der Waals surface area contributed by atoms with Gasteiger partial charge in [0, 0.05) is 0 Å².